The fraction of sp³-hybridized carbons (Fsp3) is 0.562. The average molecular weight is 360 g/mol. The van der Waals surface area contributed by atoms with Gasteiger partial charge in [-0.05, 0) is 24.3 Å². The standard InChI is InChI=1S/C16H20BrF2NO/c17-10-16(7-2-1-3-8-16)11-20-14(21)9-12-5-4-6-13(18)15(12)19/h4-6H,1-3,7-11H2,(H,20,21). The molecule has 1 aliphatic rings. The molecule has 21 heavy (non-hydrogen) atoms. The van der Waals surface area contributed by atoms with Crippen molar-refractivity contribution >= 4 is 21.8 Å². The summed E-state index contributed by atoms with van der Waals surface area (Å²) >= 11 is 3.55. The number of rotatable bonds is 5. The Hall–Kier alpha value is -0.970. The number of carbonyl (C=O) groups excluding carboxylic acids is 1. The van der Waals surface area contributed by atoms with Gasteiger partial charge in [0.1, 0.15) is 0 Å². The zero-order chi connectivity index (χ0) is 15.3. The third kappa shape index (κ3) is 4.25. The van der Waals surface area contributed by atoms with Crippen molar-refractivity contribution in [2.75, 3.05) is 11.9 Å². The van der Waals surface area contributed by atoms with Gasteiger partial charge < -0.3 is 5.32 Å². The number of benzene rings is 1. The van der Waals surface area contributed by atoms with E-state index in [1.807, 2.05) is 0 Å². The normalized spacial score (nSPS) is 17.5. The predicted octanol–water partition coefficient (Wildman–Crippen LogP) is 3.97. The van der Waals surface area contributed by atoms with Crippen molar-refractivity contribution < 1.29 is 13.6 Å². The van der Waals surface area contributed by atoms with Gasteiger partial charge in [0.25, 0.3) is 0 Å². The maximum atomic E-state index is 13.5. The first-order valence-corrected chi connectivity index (χ1v) is 8.44. The van der Waals surface area contributed by atoms with Gasteiger partial charge in [0.15, 0.2) is 11.6 Å². The van der Waals surface area contributed by atoms with Crippen LogP contribution in [-0.2, 0) is 11.2 Å². The van der Waals surface area contributed by atoms with E-state index in [-0.39, 0.29) is 23.3 Å². The highest BCUT2D eigenvalue weighted by Crippen LogP contribution is 2.37. The van der Waals surface area contributed by atoms with Crippen molar-refractivity contribution in [3.8, 4) is 0 Å². The summed E-state index contributed by atoms with van der Waals surface area (Å²) in [7, 11) is 0. The first-order valence-electron chi connectivity index (χ1n) is 7.32. The highest BCUT2D eigenvalue weighted by atomic mass is 79.9. The van der Waals surface area contributed by atoms with E-state index in [4.69, 9.17) is 0 Å². The Morgan fingerprint density at radius 3 is 2.62 bits per heavy atom. The van der Waals surface area contributed by atoms with Crippen LogP contribution in [0.25, 0.3) is 0 Å². The summed E-state index contributed by atoms with van der Waals surface area (Å²) in [5.41, 5.74) is 0.207. The zero-order valence-electron chi connectivity index (χ0n) is 11.9. The Bertz CT molecular complexity index is 501. The molecule has 1 amide bonds. The molecular weight excluding hydrogens is 340 g/mol. The highest BCUT2D eigenvalue weighted by molar-refractivity contribution is 9.09. The van der Waals surface area contributed by atoms with Crippen molar-refractivity contribution in [2.24, 2.45) is 5.41 Å². The molecular formula is C16H20BrF2NO. The van der Waals surface area contributed by atoms with Gasteiger partial charge in [-0.2, -0.15) is 0 Å². The molecule has 0 heterocycles. The van der Waals surface area contributed by atoms with Crippen molar-refractivity contribution in [3.63, 3.8) is 0 Å². The largest absolute Gasteiger partial charge is 0.355 e. The topological polar surface area (TPSA) is 29.1 Å². The molecule has 0 spiro atoms. The van der Waals surface area contributed by atoms with E-state index in [2.05, 4.69) is 21.2 Å². The van der Waals surface area contributed by atoms with E-state index < -0.39 is 11.6 Å². The van der Waals surface area contributed by atoms with Crippen LogP contribution in [0, 0.1) is 17.0 Å². The molecule has 0 aromatic heterocycles. The second-order valence-electron chi connectivity index (χ2n) is 5.86. The van der Waals surface area contributed by atoms with Crippen LogP contribution >= 0.6 is 15.9 Å². The number of hydrogen-bond donors (Lipinski definition) is 1. The van der Waals surface area contributed by atoms with Crippen LogP contribution in [0.15, 0.2) is 18.2 Å². The smallest absolute Gasteiger partial charge is 0.224 e. The van der Waals surface area contributed by atoms with Crippen LogP contribution in [-0.4, -0.2) is 17.8 Å². The quantitative estimate of drug-likeness (QED) is 0.791. The van der Waals surface area contributed by atoms with Crippen molar-refractivity contribution in [1.29, 1.82) is 0 Å². The van der Waals surface area contributed by atoms with E-state index in [1.165, 1.54) is 31.4 Å². The van der Waals surface area contributed by atoms with Gasteiger partial charge in [-0.3, -0.25) is 4.79 Å². The summed E-state index contributed by atoms with van der Waals surface area (Å²) < 4.78 is 26.6. The summed E-state index contributed by atoms with van der Waals surface area (Å²) in [6.07, 6.45) is 5.67. The molecule has 1 saturated carbocycles. The Morgan fingerprint density at radius 1 is 1.24 bits per heavy atom. The first kappa shape index (κ1) is 16.4. The van der Waals surface area contributed by atoms with Gasteiger partial charge >= 0.3 is 0 Å². The van der Waals surface area contributed by atoms with Crippen LogP contribution < -0.4 is 5.32 Å². The lowest BCUT2D eigenvalue weighted by atomic mass is 9.75. The summed E-state index contributed by atoms with van der Waals surface area (Å²) in [6, 6.07) is 3.92. The first-order chi connectivity index (χ1) is 10.1. The van der Waals surface area contributed by atoms with Crippen LogP contribution in [0.2, 0.25) is 0 Å². The van der Waals surface area contributed by atoms with Crippen LogP contribution in [0.4, 0.5) is 8.78 Å². The monoisotopic (exact) mass is 359 g/mol. The van der Waals surface area contributed by atoms with Crippen LogP contribution in [0.3, 0.4) is 0 Å². The minimum Gasteiger partial charge on any atom is -0.355 e. The Morgan fingerprint density at radius 2 is 1.95 bits per heavy atom. The fourth-order valence-corrected chi connectivity index (χ4v) is 3.62. The lowest BCUT2D eigenvalue weighted by molar-refractivity contribution is -0.121. The molecule has 2 nitrogen and oxygen atoms in total. The lowest BCUT2D eigenvalue weighted by Gasteiger charge is -2.35. The number of alkyl halides is 1. The predicted molar refractivity (Wildman–Crippen MR) is 82.4 cm³/mol. The summed E-state index contributed by atoms with van der Waals surface area (Å²) in [4.78, 5) is 12.0. The number of nitrogens with one attached hydrogen (secondary N) is 1. The second kappa shape index (κ2) is 7.34. The Balaban J connectivity index is 1.91. The molecule has 5 heteroatoms. The van der Waals surface area contributed by atoms with E-state index in [1.54, 1.807) is 0 Å². The van der Waals surface area contributed by atoms with E-state index >= 15 is 0 Å². The number of hydrogen-bond acceptors (Lipinski definition) is 1. The molecule has 1 fully saturated rings. The summed E-state index contributed by atoms with van der Waals surface area (Å²) in [5, 5.41) is 3.74. The summed E-state index contributed by atoms with van der Waals surface area (Å²) in [6.45, 7) is 0.591. The minimum atomic E-state index is -0.930. The van der Waals surface area contributed by atoms with Gasteiger partial charge in [0.2, 0.25) is 5.91 Å². The van der Waals surface area contributed by atoms with Gasteiger partial charge in [-0.15, -0.1) is 0 Å². The highest BCUT2D eigenvalue weighted by Gasteiger charge is 2.31. The number of amides is 1. The number of carbonyl (C=O) groups is 1. The Labute approximate surface area is 132 Å². The van der Waals surface area contributed by atoms with Crippen LogP contribution in [0.1, 0.15) is 37.7 Å². The third-order valence-electron chi connectivity index (χ3n) is 4.24. The lowest BCUT2D eigenvalue weighted by Crippen LogP contribution is -2.40. The SMILES string of the molecule is O=C(Cc1cccc(F)c1F)NCC1(CBr)CCCCC1. The molecule has 1 aromatic carbocycles. The fourth-order valence-electron chi connectivity index (χ4n) is 2.87. The molecule has 0 unspecified atom stereocenters. The molecule has 0 saturated heterocycles. The second-order valence-corrected chi connectivity index (χ2v) is 6.42. The molecule has 1 N–H and O–H groups in total. The van der Waals surface area contributed by atoms with Gasteiger partial charge in [0, 0.05) is 17.4 Å². The maximum absolute atomic E-state index is 13.5. The summed E-state index contributed by atoms with van der Waals surface area (Å²) in [5.74, 6) is -2.10. The van der Waals surface area contributed by atoms with E-state index in [0.717, 1.165) is 24.2 Å². The van der Waals surface area contributed by atoms with Crippen molar-refractivity contribution in [2.45, 2.75) is 38.5 Å². The molecule has 0 radical (unpaired) electrons. The molecule has 116 valence electrons. The van der Waals surface area contributed by atoms with Crippen LogP contribution in [0.5, 0.6) is 0 Å². The van der Waals surface area contributed by atoms with Crippen molar-refractivity contribution in [3.05, 3.63) is 35.4 Å². The maximum Gasteiger partial charge on any atom is 0.224 e. The van der Waals surface area contributed by atoms with Gasteiger partial charge in [0.05, 0.1) is 6.42 Å². The molecule has 1 aliphatic carbocycles. The van der Waals surface area contributed by atoms with Crippen molar-refractivity contribution in [1.82, 2.24) is 5.32 Å². The van der Waals surface area contributed by atoms with Gasteiger partial charge in [-0.1, -0.05) is 47.3 Å². The average Bonchev–Trinajstić information content (AvgIpc) is 2.51. The molecule has 0 atom stereocenters. The zero-order valence-corrected chi connectivity index (χ0v) is 13.5. The Kier molecular flexibility index (Phi) is 5.73. The molecule has 0 bridgehead atoms. The van der Waals surface area contributed by atoms with E-state index in [0.29, 0.717) is 6.54 Å². The molecule has 0 aliphatic heterocycles. The minimum absolute atomic E-state index is 0.101. The van der Waals surface area contributed by atoms with E-state index in [9.17, 15) is 13.6 Å². The third-order valence-corrected chi connectivity index (χ3v) is 5.43. The molecule has 1 aromatic rings. The van der Waals surface area contributed by atoms with Gasteiger partial charge in [-0.25, -0.2) is 8.78 Å². The molecule has 2 rings (SSSR count). The number of halogens is 3.